The predicted octanol–water partition coefficient (Wildman–Crippen LogP) is -0.465. The summed E-state index contributed by atoms with van der Waals surface area (Å²) in [4.78, 5) is 33.3. The highest BCUT2D eigenvalue weighted by Crippen LogP contribution is 2.25. The first-order chi connectivity index (χ1) is 9.35. The topological polar surface area (TPSA) is 145 Å². The Kier molecular flexibility index (Phi) is 5.04. The van der Waals surface area contributed by atoms with Crippen molar-refractivity contribution in [1.29, 1.82) is 0 Å². The Labute approximate surface area is 114 Å². The minimum Gasteiger partial charge on any atom is -0.495 e. The van der Waals surface area contributed by atoms with Crippen molar-refractivity contribution in [3.8, 4) is 5.75 Å². The van der Waals surface area contributed by atoms with E-state index in [1.54, 1.807) is 0 Å². The van der Waals surface area contributed by atoms with E-state index in [0.29, 0.717) is 5.75 Å². The molecule has 0 spiro atoms. The minimum absolute atomic E-state index is 0.174. The number of carboxylic acid groups (broad SMARTS) is 1. The van der Waals surface area contributed by atoms with Crippen molar-refractivity contribution in [1.82, 2.24) is 0 Å². The van der Waals surface area contributed by atoms with Crippen LogP contribution in [0.1, 0.15) is 16.8 Å². The van der Waals surface area contributed by atoms with Gasteiger partial charge in [-0.2, -0.15) is 0 Å². The number of carbonyl (C=O) groups is 3. The lowest BCUT2D eigenvalue weighted by atomic mass is 10.1. The summed E-state index contributed by atoms with van der Waals surface area (Å²) in [5.74, 6) is -2.26. The normalized spacial score (nSPS) is 11.5. The zero-order valence-corrected chi connectivity index (χ0v) is 10.8. The van der Waals surface area contributed by atoms with Crippen molar-refractivity contribution in [3.05, 3.63) is 23.8 Å². The fraction of sp³-hybridized carbons (Fsp3) is 0.250. The van der Waals surface area contributed by atoms with Crippen molar-refractivity contribution in [2.45, 2.75) is 12.5 Å². The van der Waals surface area contributed by atoms with Gasteiger partial charge in [-0.05, 0) is 18.2 Å². The van der Waals surface area contributed by atoms with Gasteiger partial charge in [-0.1, -0.05) is 0 Å². The Morgan fingerprint density at radius 2 is 2.05 bits per heavy atom. The van der Waals surface area contributed by atoms with Crippen LogP contribution >= 0.6 is 0 Å². The van der Waals surface area contributed by atoms with E-state index in [0.717, 1.165) is 0 Å². The van der Waals surface area contributed by atoms with Crippen LogP contribution in [0, 0.1) is 0 Å². The molecule has 8 nitrogen and oxygen atoms in total. The lowest BCUT2D eigenvalue weighted by Gasteiger charge is -2.13. The van der Waals surface area contributed by atoms with Gasteiger partial charge in [-0.3, -0.25) is 14.4 Å². The summed E-state index contributed by atoms with van der Waals surface area (Å²) in [6, 6.07) is 3.01. The molecule has 1 rings (SSSR count). The fourth-order valence-corrected chi connectivity index (χ4v) is 1.47. The number of primary amides is 1. The van der Waals surface area contributed by atoms with Crippen LogP contribution in [0.4, 0.5) is 5.69 Å². The number of rotatable bonds is 6. The third-order valence-corrected chi connectivity index (χ3v) is 2.47. The van der Waals surface area contributed by atoms with Crippen LogP contribution in [0.15, 0.2) is 18.2 Å². The Morgan fingerprint density at radius 1 is 1.40 bits per heavy atom. The highest BCUT2D eigenvalue weighted by atomic mass is 16.5. The number of hydrogen-bond donors (Lipinski definition) is 4. The first kappa shape index (κ1) is 15.4. The molecule has 0 saturated heterocycles. The van der Waals surface area contributed by atoms with E-state index in [1.165, 1.54) is 25.3 Å². The number of benzene rings is 1. The maximum Gasteiger partial charge on any atom is 0.305 e. The number of amides is 2. The average molecular weight is 281 g/mol. The molecule has 0 aliphatic carbocycles. The summed E-state index contributed by atoms with van der Waals surface area (Å²) in [6.45, 7) is 0. The maximum absolute atomic E-state index is 11.7. The van der Waals surface area contributed by atoms with Gasteiger partial charge < -0.3 is 26.6 Å². The molecule has 0 heterocycles. The van der Waals surface area contributed by atoms with Crippen LogP contribution in [-0.2, 0) is 9.59 Å². The molecule has 1 unspecified atom stereocenters. The smallest absolute Gasteiger partial charge is 0.305 e. The second-order valence-electron chi connectivity index (χ2n) is 3.97. The Bertz CT molecular complexity index is 544. The molecule has 2 amide bonds. The highest BCUT2D eigenvalue weighted by molar-refractivity contribution is 6.00. The van der Waals surface area contributed by atoms with Gasteiger partial charge in [0.1, 0.15) is 5.75 Å². The number of ether oxygens (including phenoxy) is 1. The average Bonchev–Trinajstić information content (AvgIpc) is 2.37. The van der Waals surface area contributed by atoms with E-state index in [4.69, 9.17) is 21.3 Å². The molecule has 0 saturated carbocycles. The molecule has 1 aromatic carbocycles. The number of hydrogen-bond acceptors (Lipinski definition) is 5. The van der Waals surface area contributed by atoms with Crippen molar-refractivity contribution >= 4 is 23.5 Å². The first-order valence-corrected chi connectivity index (χ1v) is 5.61. The molecule has 0 aromatic heterocycles. The summed E-state index contributed by atoms with van der Waals surface area (Å²) in [7, 11) is 1.38. The van der Waals surface area contributed by atoms with Crippen molar-refractivity contribution in [3.63, 3.8) is 0 Å². The van der Waals surface area contributed by atoms with E-state index < -0.39 is 30.2 Å². The predicted molar refractivity (Wildman–Crippen MR) is 70.4 cm³/mol. The van der Waals surface area contributed by atoms with Gasteiger partial charge in [0.05, 0.1) is 25.3 Å². The monoisotopic (exact) mass is 281 g/mol. The van der Waals surface area contributed by atoms with Crippen LogP contribution < -0.4 is 21.5 Å². The Morgan fingerprint density at radius 3 is 2.55 bits per heavy atom. The van der Waals surface area contributed by atoms with Gasteiger partial charge in [0.15, 0.2) is 0 Å². The first-order valence-electron chi connectivity index (χ1n) is 5.61. The van der Waals surface area contributed by atoms with Gasteiger partial charge in [-0.25, -0.2) is 0 Å². The van der Waals surface area contributed by atoms with Crippen LogP contribution in [0.25, 0.3) is 0 Å². The largest absolute Gasteiger partial charge is 0.495 e. The van der Waals surface area contributed by atoms with E-state index in [2.05, 4.69) is 5.32 Å². The second-order valence-corrected chi connectivity index (χ2v) is 3.97. The number of aliphatic carboxylic acids is 1. The van der Waals surface area contributed by atoms with Crippen LogP contribution in [-0.4, -0.2) is 36.0 Å². The van der Waals surface area contributed by atoms with Gasteiger partial charge in [-0.15, -0.1) is 0 Å². The quantitative estimate of drug-likeness (QED) is 0.555. The minimum atomic E-state index is -1.21. The Balaban J connectivity index is 2.94. The molecule has 1 atom stereocenters. The number of carbonyl (C=O) groups excluding carboxylic acids is 2. The summed E-state index contributed by atoms with van der Waals surface area (Å²) >= 11 is 0. The van der Waals surface area contributed by atoms with Crippen LogP contribution in [0.5, 0.6) is 5.75 Å². The molecule has 1 aromatic rings. The maximum atomic E-state index is 11.7. The van der Waals surface area contributed by atoms with Crippen molar-refractivity contribution in [2.75, 3.05) is 12.4 Å². The fourth-order valence-electron chi connectivity index (χ4n) is 1.47. The summed E-state index contributed by atoms with van der Waals surface area (Å²) in [6.07, 6.45) is -0.510. The van der Waals surface area contributed by atoms with Gasteiger partial charge >= 0.3 is 5.97 Å². The van der Waals surface area contributed by atoms with E-state index >= 15 is 0 Å². The number of anilines is 1. The summed E-state index contributed by atoms with van der Waals surface area (Å²) < 4.78 is 5.02. The van der Waals surface area contributed by atoms with Gasteiger partial charge in [0.25, 0.3) is 0 Å². The molecule has 0 aliphatic rings. The molecule has 0 aliphatic heterocycles. The van der Waals surface area contributed by atoms with Crippen LogP contribution in [0.3, 0.4) is 0 Å². The standard InChI is InChI=1S/C12H15N3O5/c1-20-9-3-2-6(11(14)18)4-8(9)15-12(19)7(13)5-10(16)17/h2-4,7H,5,13H2,1H3,(H2,14,18)(H,15,19)(H,16,17). The van der Waals surface area contributed by atoms with Crippen molar-refractivity contribution < 1.29 is 24.2 Å². The molecule has 0 bridgehead atoms. The number of nitrogens with two attached hydrogens (primary N) is 2. The van der Waals surface area contributed by atoms with Crippen molar-refractivity contribution in [2.24, 2.45) is 11.5 Å². The highest BCUT2D eigenvalue weighted by Gasteiger charge is 2.19. The molecular weight excluding hydrogens is 266 g/mol. The van der Waals surface area contributed by atoms with Crippen LogP contribution in [0.2, 0.25) is 0 Å². The summed E-state index contributed by atoms with van der Waals surface area (Å²) in [5.41, 5.74) is 10.9. The van der Waals surface area contributed by atoms with E-state index in [-0.39, 0.29) is 11.3 Å². The van der Waals surface area contributed by atoms with Gasteiger partial charge in [0, 0.05) is 5.56 Å². The third-order valence-electron chi connectivity index (χ3n) is 2.47. The molecule has 0 radical (unpaired) electrons. The molecule has 6 N–H and O–H groups in total. The van der Waals surface area contributed by atoms with E-state index in [9.17, 15) is 14.4 Å². The lowest BCUT2D eigenvalue weighted by molar-refractivity contribution is -0.138. The van der Waals surface area contributed by atoms with E-state index in [1.807, 2.05) is 0 Å². The number of nitrogens with one attached hydrogen (secondary N) is 1. The van der Waals surface area contributed by atoms with Gasteiger partial charge in [0.2, 0.25) is 11.8 Å². The zero-order chi connectivity index (χ0) is 15.3. The zero-order valence-electron chi connectivity index (χ0n) is 10.8. The summed E-state index contributed by atoms with van der Waals surface area (Å²) in [5, 5.41) is 11.0. The SMILES string of the molecule is COc1ccc(C(N)=O)cc1NC(=O)C(N)CC(=O)O. The molecular formula is C12H15N3O5. The number of methoxy groups -OCH3 is 1. The molecule has 108 valence electrons. The molecule has 20 heavy (non-hydrogen) atoms. The molecule has 0 fully saturated rings. The Hall–Kier alpha value is -2.61. The second kappa shape index (κ2) is 6.53. The third kappa shape index (κ3) is 3.95. The lowest BCUT2D eigenvalue weighted by Crippen LogP contribution is -2.37. The molecule has 8 heteroatoms. The number of carboxylic acids is 1.